The second kappa shape index (κ2) is 5.95. The van der Waals surface area contributed by atoms with Crippen molar-refractivity contribution in [3.05, 3.63) is 12.2 Å². The van der Waals surface area contributed by atoms with Gasteiger partial charge in [0.2, 0.25) is 0 Å². The normalized spacial score (nSPS) is 10.3. The van der Waals surface area contributed by atoms with E-state index >= 15 is 0 Å². The maximum atomic E-state index is 11.0. The van der Waals surface area contributed by atoms with Gasteiger partial charge in [-0.1, -0.05) is 6.58 Å². The first kappa shape index (κ1) is 11.4. The van der Waals surface area contributed by atoms with E-state index in [1.165, 1.54) is 0 Å². The molecule has 70 valence electrons. The summed E-state index contributed by atoms with van der Waals surface area (Å²) in [6, 6.07) is 0. The number of carbonyl (C=O) groups excluding carboxylic acids is 1. The Labute approximate surface area is 74.6 Å². The summed E-state index contributed by atoms with van der Waals surface area (Å²) in [5.74, 6) is 0.141. The van der Waals surface area contributed by atoms with E-state index in [2.05, 4.69) is 6.58 Å². The number of hydrogen-bond donors (Lipinski definition) is 0. The van der Waals surface area contributed by atoms with Crippen molar-refractivity contribution in [3.8, 4) is 0 Å². The molecule has 0 bridgehead atoms. The van der Waals surface area contributed by atoms with Crippen LogP contribution in [-0.4, -0.2) is 18.5 Å². The van der Waals surface area contributed by atoms with Crippen LogP contribution in [0.4, 0.5) is 0 Å². The first-order chi connectivity index (χ1) is 5.54. The lowest BCUT2D eigenvalue weighted by Crippen LogP contribution is -2.06. The summed E-state index contributed by atoms with van der Waals surface area (Å²) in [5, 5.41) is 0. The van der Waals surface area contributed by atoms with Gasteiger partial charge in [0.15, 0.2) is 5.78 Å². The van der Waals surface area contributed by atoms with Gasteiger partial charge in [-0.15, -0.1) is 0 Å². The number of ether oxygens (including phenoxy) is 1. The molecular weight excluding hydrogens is 152 g/mol. The molecular formula is C10H18O2. The van der Waals surface area contributed by atoms with E-state index in [9.17, 15) is 4.79 Å². The molecule has 0 amide bonds. The van der Waals surface area contributed by atoms with Gasteiger partial charge in [0.05, 0.1) is 6.10 Å². The van der Waals surface area contributed by atoms with E-state index in [-0.39, 0.29) is 11.9 Å². The topological polar surface area (TPSA) is 26.3 Å². The fourth-order valence-corrected chi connectivity index (χ4v) is 0.765. The molecule has 12 heavy (non-hydrogen) atoms. The van der Waals surface area contributed by atoms with Crippen LogP contribution in [0, 0.1) is 0 Å². The third kappa shape index (κ3) is 6.10. The predicted octanol–water partition coefficient (Wildman–Crippen LogP) is 2.34. The van der Waals surface area contributed by atoms with Gasteiger partial charge in [0.1, 0.15) is 0 Å². The molecule has 0 aromatic heterocycles. The Hall–Kier alpha value is -0.630. The highest BCUT2D eigenvalue weighted by molar-refractivity contribution is 5.93. The first-order valence-corrected chi connectivity index (χ1v) is 4.34. The Kier molecular flexibility index (Phi) is 5.64. The maximum Gasteiger partial charge on any atom is 0.158 e. The van der Waals surface area contributed by atoms with Crippen molar-refractivity contribution in [2.45, 2.75) is 39.7 Å². The molecule has 0 aliphatic carbocycles. The van der Waals surface area contributed by atoms with Crippen LogP contribution in [0.3, 0.4) is 0 Å². The van der Waals surface area contributed by atoms with Crippen molar-refractivity contribution in [2.24, 2.45) is 0 Å². The van der Waals surface area contributed by atoms with Crippen LogP contribution >= 0.6 is 0 Å². The third-order valence-electron chi connectivity index (χ3n) is 1.48. The molecule has 2 heteroatoms. The van der Waals surface area contributed by atoms with Gasteiger partial charge in [-0.05, 0) is 32.8 Å². The van der Waals surface area contributed by atoms with Gasteiger partial charge in [-0.2, -0.15) is 0 Å². The molecule has 0 aromatic rings. The van der Waals surface area contributed by atoms with Gasteiger partial charge in [-0.25, -0.2) is 0 Å². The molecule has 0 unspecified atom stereocenters. The Morgan fingerprint density at radius 2 is 2.08 bits per heavy atom. The Bertz CT molecular complexity index is 159. The fraction of sp³-hybridized carbons (Fsp3) is 0.700. The van der Waals surface area contributed by atoms with Gasteiger partial charge >= 0.3 is 0 Å². The SMILES string of the molecule is C=C(C)C(=O)CCCOC(C)C. The minimum Gasteiger partial charge on any atom is -0.379 e. The zero-order valence-corrected chi connectivity index (χ0v) is 8.22. The van der Waals surface area contributed by atoms with E-state index in [4.69, 9.17) is 4.74 Å². The number of hydrogen-bond acceptors (Lipinski definition) is 2. The summed E-state index contributed by atoms with van der Waals surface area (Å²) >= 11 is 0. The monoisotopic (exact) mass is 170 g/mol. The van der Waals surface area contributed by atoms with Crippen molar-refractivity contribution in [3.63, 3.8) is 0 Å². The zero-order chi connectivity index (χ0) is 9.56. The van der Waals surface area contributed by atoms with Crippen LogP contribution in [0.5, 0.6) is 0 Å². The summed E-state index contributed by atoms with van der Waals surface area (Å²) in [7, 11) is 0. The number of rotatable bonds is 6. The molecule has 0 atom stereocenters. The minimum absolute atomic E-state index is 0.141. The van der Waals surface area contributed by atoms with Gasteiger partial charge < -0.3 is 4.74 Å². The summed E-state index contributed by atoms with van der Waals surface area (Å²) in [6.45, 7) is 9.96. The number of Topliss-reactive ketones (excluding diaryl/α,β-unsaturated/α-hetero) is 1. The molecule has 0 heterocycles. The molecule has 0 aliphatic rings. The highest BCUT2D eigenvalue weighted by Gasteiger charge is 2.01. The van der Waals surface area contributed by atoms with Crippen LogP contribution in [0.1, 0.15) is 33.6 Å². The molecule has 2 nitrogen and oxygen atoms in total. The van der Waals surface area contributed by atoms with Crippen LogP contribution < -0.4 is 0 Å². The van der Waals surface area contributed by atoms with E-state index in [1.54, 1.807) is 6.92 Å². The number of allylic oxidation sites excluding steroid dienone is 1. The van der Waals surface area contributed by atoms with Gasteiger partial charge in [0, 0.05) is 13.0 Å². The van der Waals surface area contributed by atoms with Crippen LogP contribution in [0.2, 0.25) is 0 Å². The highest BCUT2D eigenvalue weighted by atomic mass is 16.5. The van der Waals surface area contributed by atoms with Crippen molar-refractivity contribution in [1.82, 2.24) is 0 Å². The van der Waals surface area contributed by atoms with Crippen LogP contribution in [-0.2, 0) is 9.53 Å². The summed E-state index contributed by atoms with van der Waals surface area (Å²) in [5.41, 5.74) is 0.638. The molecule has 0 spiro atoms. The summed E-state index contributed by atoms with van der Waals surface area (Å²) < 4.78 is 5.29. The molecule has 0 N–H and O–H groups in total. The van der Waals surface area contributed by atoms with Gasteiger partial charge in [0.25, 0.3) is 0 Å². The fourth-order valence-electron chi connectivity index (χ4n) is 0.765. The lowest BCUT2D eigenvalue weighted by Gasteiger charge is -2.06. The molecule has 0 fully saturated rings. The van der Waals surface area contributed by atoms with E-state index in [1.807, 2.05) is 13.8 Å². The van der Waals surface area contributed by atoms with Crippen molar-refractivity contribution >= 4 is 5.78 Å². The molecule has 0 radical (unpaired) electrons. The van der Waals surface area contributed by atoms with Crippen molar-refractivity contribution < 1.29 is 9.53 Å². The van der Waals surface area contributed by atoms with E-state index < -0.39 is 0 Å². The zero-order valence-electron chi connectivity index (χ0n) is 8.22. The number of ketones is 1. The van der Waals surface area contributed by atoms with Crippen LogP contribution in [0.25, 0.3) is 0 Å². The Morgan fingerprint density at radius 1 is 1.50 bits per heavy atom. The van der Waals surface area contributed by atoms with Crippen LogP contribution in [0.15, 0.2) is 12.2 Å². The van der Waals surface area contributed by atoms with E-state index in [0.29, 0.717) is 18.6 Å². The quantitative estimate of drug-likeness (QED) is 0.452. The third-order valence-corrected chi connectivity index (χ3v) is 1.48. The summed E-state index contributed by atoms with van der Waals surface area (Å²) in [4.78, 5) is 11.0. The lowest BCUT2D eigenvalue weighted by atomic mass is 10.1. The molecule has 0 aromatic carbocycles. The molecule has 0 rings (SSSR count). The number of carbonyl (C=O) groups is 1. The second-order valence-corrected chi connectivity index (χ2v) is 3.23. The predicted molar refractivity (Wildman–Crippen MR) is 50.1 cm³/mol. The standard InChI is InChI=1S/C10H18O2/c1-8(2)10(11)6-5-7-12-9(3)4/h9H,1,5-7H2,2-4H3. The summed E-state index contributed by atoms with van der Waals surface area (Å²) in [6.07, 6.45) is 1.61. The van der Waals surface area contributed by atoms with Crippen molar-refractivity contribution in [2.75, 3.05) is 6.61 Å². The average molecular weight is 170 g/mol. The average Bonchev–Trinajstić information content (AvgIpc) is 1.97. The minimum atomic E-state index is 0.141. The second-order valence-electron chi connectivity index (χ2n) is 3.23. The highest BCUT2D eigenvalue weighted by Crippen LogP contribution is 2.00. The van der Waals surface area contributed by atoms with Crippen molar-refractivity contribution in [1.29, 1.82) is 0 Å². The molecule has 0 saturated heterocycles. The van der Waals surface area contributed by atoms with Gasteiger partial charge in [-0.3, -0.25) is 4.79 Å². The Morgan fingerprint density at radius 3 is 2.50 bits per heavy atom. The molecule has 0 aliphatic heterocycles. The lowest BCUT2D eigenvalue weighted by molar-refractivity contribution is -0.115. The Balaban J connectivity index is 3.32. The maximum absolute atomic E-state index is 11.0. The largest absolute Gasteiger partial charge is 0.379 e. The van der Waals surface area contributed by atoms with E-state index in [0.717, 1.165) is 6.42 Å². The molecule has 0 saturated carbocycles. The first-order valence-electron chi connectivity index (χ1n) is 4.34. The smallest absolute Gasteiger partial charge is 0.158 e.